The molecule has 1 amide bonds. The van der Waals surface area contributed by atoms with Gasteiger partial charge in [0.25, 0.3) is 5.91 Å². The van der Waals surface area contributed by atoms with E-state index in [1.807, 2.05) is 19.4 Å². The van der Waals surface area contributed by atoms with E-state index in [2.05, 4.69) is 10.1 Å². The molecule has 0 aromatic carbocycles. The molecule has 25 heavy (non-hydrogen) atoms. The molecular formula is C17H22N4O3S. The van der Waals surface area contributed by atoms with Gasteiger partial charge in [0.1, 0.15) is 11.3 Å². The van der Waals surface area contributed by atoms with Crippen LogP contribution in [0.3, 0.4) is 0 Å². The third-order valence-corrected chi connectivity index (χ3v) is 5.58. The maximum atomic E-state index is 12.4. The lowest BCUT2D eigenvalue weighted by Crippen LogP contribution is -2.67. The lowest BCUT2D eigenvalue weighted by molar-refractivity contribution is -0.188. The van der Waals surface area contributed by atoms with Crippen LogP contribution >= 0.6 is 11.3 Å². The van der Waals surface area contributed by atoms with Gasteiger partial charge in [-0.1, -0.05) is 0 Å². The van der Waals surface area contributed by atoms with E-state index in [0.717, 1.165) is 23.5 Å². The molecule has 0 radical (unpaired) electrons. The van der Waals surface area contributed by atoms with Crippen LogP contribution in [0.2, 0.25) is 0 Å². The van der Waals surface area contributed by atoms with Crippen LogP contribution in [0.25, 0.3) is 0 Å². The van der Waals surface area contributed by atoms with Crippen molar-refractivity contribution in [2.45, 2.75) is 38.1 Å². The van der Waals surface area contributed by atoms with Crippen molar-refractivity contribution >= 4 is 17.2 Å². The van der Waals surface area contributed by atoms with E-state index in [9.17, 15) is 4.79 Å². The summed E-state index contributed by atoms with van der Waals surface area (Å²) in [6.45, 7) is 4.43. The molecule has 8 heteroatoms. The Bertz CT molecular complexity index is 766. The van der Waals surface area contributed by atoms with Gasteiger partial charge in [0.2, 0.25) is 0 Å². The van der Waals surface area contributed by atoms with Crippen molar-refractivity contribution in [2.24, 2.45) is 7.05 Å². The Labute approximate surface area is 150 Å². The minimum Gasteiger partial charge on any atom is -0.372 e. The number of carbonyl (C=O) groups excluding carboxylic acids is 1. The Morgan fingerprint density at radius 3 is 3.04 bits per heavy atom. The Hall–Kier alpha value is -1.77. The van der Waals surface area contributed by atoms with Crippen molar-refractivity contribution in [2.75, 3.05) is 19.7 Å². The third-order valence-electron chi connectivity index (χ3n) is 4.76. The molecule has 2 fully saturated rings. The summed E-state index contributed by atoms with van der Waals surface area (Å²) in [5.41, 5.74) is 1.22. The zero-order chi connectivity index (χ0) is 17.4. The minimum absolute atomic E-state index is 0.0317. The molecule has 0 saturated carbocycles. The largest absolute Gasteiger partial charge is 0.372 e. The van der Waals surface area contributed by atoms with Gasteiger partial charge < -0.3 is 14.4 Å². The standard InChI is InChI=1S/C17H22N4O3S/c1-12-18-13(9-25-12)8-23-14-4-6-24-17(7-14)10-21(11-17)16(22)15-3-5-20(2)19-15/h3,5,9,14H,4,6-8,10-11H2,1-2H3. The number of hydrogen-bond donors (Lipinski definition) is 0. The van der Waals surface area contributed by atoms with E-state index in [4.69, 9.17) is 9.47 Å². The first-order chi connectivity index (χ1) is 12.0. The predicted molar refractivity (Wildman–Crippen MR) is 92.5 cm³/mol. The topological polar surface area (TPSA) is 69.5 Å². The Kier molecular flexibility index (Phi) is 4.35. The lowest BCUT2D eigenvalue weighted by atomic mass is 9.84. The SMILES string of the molecule is Cc1nc(COC2CCOC3(C2)CN(C(=O)c2ccn(C)n2)C3)cs1. The maximum absolute atomic E-state index is 12.4. The van der Waals surface area contributed by atoms with Crippen LogP contribution in [0.15, 0.2) is 17.6 Å². The van der Waals surface area contributed by atoms with Crippen molar-refractivity contribution in [3.8, 4) is 0 Å². The number of rotatable bonds is 4. The molecule has 2 saturated heterocycles. The molecule has 0 aliphatic carbocycles. The molecule has 2 aromatic rings. The number of carbonyl (C=O) groups is 1. The summed E-state index contributed by atoms with van der Waals surface area (Å²) in [7, 11) is 1.81. The molecule has 2 aliphatic rings. The van der Waals surface area contributed by atoms with Gasteiger partial charge in [0.05, 0.1) is 36.5 Å². The lowest BCUT2D eigenvalue weighted by Gasteiger charge is -2.52. The second-order valence-electron chi connectivity index (χ2n) is 6.85. The summed E-state index contributed by atoms with van der Waals surface area (Å²) in [5, 5.41) is 7.28. The third kappa shape index (κ3) is 3.47. The van der Waals surface area contributed by atoms with Crippen LogP contribution < -0.4 is 0 Å². The predicted octanol–water partition coefficient (Wildman–Crippen LogP) is 1.78. The van der Waals surface area contributed by atoms with Gasteiger partial charge in [0.15, 0.2) is 0 Å². The summed E-state index contributed by atoms with van der Waals surface area (Å²) in [5.74, 6) is -0.0317. The van der Waals surface area contributed by atoms with Crippen LogP contribution in [0.1, 0.15) is 34.0 Å². The molecule has 7 nitrogen and oxygen atoms in total. The highest BCUT2D eigenvalue weighted by atomic mass is 32.1. The average molecular weight is 362 g/mol. The van der Waals surface area contributed by atoms with E-state index in [1.54, 1.807) is 33.2 Å². The van der Waals surface area contributed by atoms with E-state index in [0.29, 0.717) is 32.0 Å². The van der Waals surface area contributed by atoms with Gasteiger partial charge in [-0.2, -0.15) is 5.10 Å². The van der Waals surface area contributed by atoms with Gasteiger partial charge in [-0.25, -0.2) is 4.98 Å². The number of ether oxygens (including phenoxy) is 2. The highest BCUT2D eigenvalue weighted by Gasteiger charge is 2.50. The van der Waals surface area contributed by atoms with Gasteiger partial charge >= 0.3 is 0 Å². The Morgan fingerprint density at radius 1 is 1.52 bits per heavy atom. The highest BCUT2D eigenvalue weighted by Crippen LogP contribution is 2.36. The summed E-state index contributed by atoms with van der Waals surface area (Å²) in [4.78, 5) is 18.7. The first-order valence-electron chi connectivity index (χ1n) is 8.48. The molecule has 4 heterocycles. The number of likely N-dealkylation sites (tertiary alicyclic amines) is 1. The average Bonchev–Trinajstić information content (AvgIpc) is 3.18. The summed E-state index contributed by atoms with van der Waals surface area (Å²) in [6.07, 6.45) is 3.65. The fourth-order valence-corrected chi connectivity index (χ4v) is 4.10. The molecule has 1 spiro atoms. The van der Waals surface area contributed by atoms with Crippen molar-refractivity contribution in [3.05, 3.63) is 34.0 Å². The van der Waals surface area contributed by atoms with Crippen molar-refractivity contribution in [1.82, 2.24) is 19.7 Å². The zero-order valence-electron chi connectivity index (χ0n) is 14.5. The van der Waals surface area contributed by atoms with Gasteiger partial charge in [-0.3, -0.25) is 9.48 Å². The maximum Gasteiger partial charge on any atom is 0.274 e. The fourth-order valence-electron chi connectivity index (χ4n) is 3.51. The second-order valence-corrected chi connectivity index (χ2v) is 7.91. The summed E-state index contributed by atoms with van der Waals surface area (Å²) in [6, 6.07) is 1.75. The molecule has 1 unspecified atom stereocenters. The molecule has 0 bridgehead atoms. The van der Waals surface area contributed by atoms with E-state index >= 15 is 0 Å². The Morgan fingerprint density at radius 2 is 2.36 bits per heavy atom. The molecule has 2 aliphatic heterocycles. The second kappa shape index (κ2) is 6.51. The number of nitrogens with zero attached hydrogens (tertiary/aromatic N) is 4. The highest BCUT2D eigenvalue weighted by molar-refractivity contribution is 7.09. The normalized spacial score (nSPS) is 22.2. The molecular weight excluding hydrogens is 340 g/mol. The molecule has 0 N–H and O–H groups in total. The van der Waals surface area contributed by atoms with Crippen LogP contribution in [0.4, 0.5) is 0 Å². The fraction of sp³-hybridized carbons (Fsp3) is 0.588. The van der Waals surface area contributed by atoms with Crippen LogP contribution in [0, 0.1) is 6.92 Å². The van der Waals surface area contributed by atoms with Gasteiger partial charge in [0, 0.05) is 31.7 Å². The minimum atomic E-state index is -0.259. The summed E-state index contributed by atoms with van der Waals surface area (Å²) < 4.78 is 13.7. The molecule has 2 aromatic heterocycles. The number of hydrogen-bond acceptors (Lipinski definition) is 6. The monoisotopic (exact) mass is 362 g/mol. The van der Waals surface area contributed by atoms with E-state index < -0.39 is 0 Å². The zero-order valence-corrected chi connectivity index (χ0v) is 15.3. The van der Waals surface area contributed by atoms with Crippen molar-refractivity contribution < 1.29 is 14.3 Å². The van der Waals surface area contributed by atoms with Gasteiger partial charge in [-0.05, 0) is 19.4 Å². The number of thiazole rings is 1. The van der Waals surface area contributed by atoms with Crippen molar-refractivity contribution in [3.63, 3.8) is 0 Å². The molecule has 1 atom stereocenters. The first-order valence-corrected chi connectivity index (χ1v) is 9.36. The Balaban J connectivity index is 1.30. The molecule has 134 valence electrons. The smallest absolute Gasteiger partial charge is 0.274 e. The van der Waals surface area contributed by atoms with E-state index in [1.165, 1.54) is 0 Å². The van der Waals surface area contributed by atoms with Gasteiger partial charge in [-0.15, -0.1) is 11.3 Å². The molecule has 4 rings (SSSR count). The summed E-state index contributed by atoms with van der Waals surface area (Å²) >= 11 is 1.64. The van der Waals surface area contributed by atoms with E-state index in [-0.39, 0.29) is 17.6 Å². The van der Waals surface area contributed by atoms with Crippen LogP contribution in [-0.2, 0) is 23.1 Å². The first kappa shape index (κ1) is 16.7. The van der Waals surface area contributed by atoms with Crippen LogP contribution in [-0.4, -0.2) is 57.0 Å². The van der Waals surface area contributed by atoms with Crippen LogP contribution in [0.5, 0.6) is 0 Å². The number of amides is 1. The van der Waals surface area contributed by atoms with Crippen molar-refractivity contribution in [1.29, 1.82) is 0 Å². The quantitative estimate of drug-likeness (QED) is 0.829. The number of aryl methyl sites for hydroxylation is 2. The number of aromatic nitrogens is 3.